The standard InChI is InChI=1S/C27H32N4O6/c1-2-25-36-21-11-10-17(14-22(21)37-25)13-20(27(34)35)31-24(32)16-29-26(33)18-7-6-8-19(15-18)30-23-9-4-3-5-12-28-23/h6-8,10-11,14-15,20,25H,2-5,9,12-13,16H2,1H3,(H,28,30)(H,29,33)(H,31,32)(H,34,35). The van der Waals surface area contributed by atoms with Crippen LogP contribution in [0.1, 0.15) is 54.9 Å². The number of hydrogen-bond donors (Lipinski definition) is 4. The first-order chi connectivity index (χ1) is 17.9. The van der Waals surface area contributed by atoms with E-state index in [2.05, 4.69) is 20.9 Å². The van der Waals surface area contributed by atoms with Crippen molar-refractivity contribution in [2.24, 2.45) is 4.99 Å². The lowest BCUT2D eigenvalue weighted by Gasteiger charge is -2.15. The van der Waals surface area contributed by atoms with Crippen LogP contribution in [0.2, 0.25) is 0 Å². The predicted octanol–water partition coefficient (Wildman–Crippen LogP) is 3.12. The summed E-state index contributed by atoms with van der Waals surface area (Å²) in [5.41, 5.74) is 1.81. The average Bonchev–Trinajstić information content (AvgIpc) is 3.14. The fourth-order valence-corrected chi connectivity index (χ4v) is 4.17. The first-order valence-electron chi connectivity index (χ1n) is 12.6. The van der Waals surface area contributed by atoms with Gasteiger partial charge in [-0.25, -0.2) is 4.79 Å². The number of carbonyl (C=O) groups is 3. The third-order valence-corrected chi connectivity index (χ3v) is 6.13. The third-order valence-electron chi connectivity index (χ3n) is 6.13. The number of nitrogens with zero attached hydrogens (tertiary/aromatic N) is 1. The number of fused-ring (bicyclic) bond motifs is 1. The molecule has 0 saturated carbocycles. The number of aliphatic carboxylic acids is 1. The highest BCUT2D eigenvalue weighted by Gasteiger charge is 2.25. The molecule has 4 N–H and O–H groups in total. The van der Waals surface area contributed by atoms with Gasteiger partial charge in [0.05, 0.1) is 6.54 Å². The van der Waals surface area contributed by atoms with Gasteiger partial charge in [0.1, 0.15) is 11.9 Å². The first-order valence-corrected chi connectivity index (χ1v) is 12.6. The summed E-state index contributed by atoms with van der Waals surface area (Å²) in [5, 5.41) is 17.9. The predicted molar refractivity (Wildman–Crippen MR) is 138 cm³/mol. The lowest BCUT2D eigenvalue weighted by atomic mass is 10.1. The highest BCUT2D eigenvalue weighted by atomic mass is 16.7. The van der Waals surface area contributed by atoms with Crippen LogP contribution in [0.15, 0.2) is 47.5 Å². The Labute approximate surface area is 215 Å². The molecule has 0 fully saturated rings. The van der Waals surface area contributed by atoms with Crippen molar-refractivity contribution in [3.63, 3.8) is 0 Å². The second-order valence-electron chi connectivity index (χ2n) is 9.04. The van der Waals surface area contributed by atoms with Gasteiger partial charge in [-0.3, -0.25) is 14.6 Å². The zero-order valence-corrected chi connectivity index (χ0v) is 20.8. The molecule has 0 spiro atoms. The van der Waals surface area contributed by atoms with Crippen LogP contribution in [0.25, 0.3) is 0 Å². The highest BCUT2D eigenvalue weighted by molar-refractivity contribution is 6.00. The van der Waals surface area contributed by atoms with Crippen molar-refractivity contribution in [2.45, 2.75) is 57.8 Å². The van der Waals surface area contributed by atoms with Crippen LogP contribution >= 0.6 is 0 Å². The number of aliphatic imine (C=N–C) groups is 1. The molecule has 0 saturated heterocycles. The fraction of sp³-hybridized carbons (Fsp3) is 0.407. The summed E-state index contributed by atoms with van der Waals surface area (Å²) in [6.45, 7) is 2.38. The van der Waals surface area contributed by atoms with E-state index in [1.165, 1.54) is 0 Å². The zero-order chi connectivity index (χ0) is 26.2. The number of benzene rings is 2. The van der Waals surface area contributed by atoms with Crippen LogP contribution in [0.4, 0.5) is 5.69 Å². The lowest BCUT2D eigenvalue weighted by molar-refractivity contribution is -0.141. The molecule has 2 aliphatic rings. The summed E-state index contributed by atoms with van der Waals surface area (Å²) in [5.74, 6) is -0.152. The number of hydrogen-bond acceptors (Lipinski definition) is 7. The van der Waals surface area contributed by atoms with E-state index in [1.807, 2.05) is 13.0 Å². The molecular weight excluding hydrogens is 476 g/mol. The second-order valence-corrected chi connectivity index (χ2v) is 9.04. The minimum atomic E-state index is -1.18. The van der Waals surface area contributed by atoms with E-state index >= 15 is 0 Å². The Bertz CT molecular complexity index is 1180. The van der Waals surface area contributed by atoms with Crippen LogP contribution in [-0.4, -0.2) is 54.1 Å². The van der Waals surface area contributed by atoms with Crippen molar-refractivity contribution < 1.29 is 29.0 Å². The van der Waals surface area contributed by atoms with Gasteiger partial charge in [-0.1, -0.05) is 25.5 Å². The Morgan fingerprint density at radius 1 is 1.08 bits per heavy atom. The van der Waals surface area contributed by atoms with Crippen molar-refractivity contribution in [3.05, 3.63) is 53.6 Å². The van der Waals surface area contributed by atoms with Crippen LogP contribution in [0.5, 0.6) is 11.5 Å². The van der Waals surface area contributed by atoms with Crippen LogP contribution in [0, 0.1) is 0 Å². The molecule has 2 atom stereocenters. The molecule has 37 heavy (non-hydrogen) atoms. The van der Waals surface area contributed by atoms with Gasteiger partial charge in [0.2, 0.25) is 12.2 Å². The van der Waals surface area contributed by atoms with Crippen molar-refractivity contribution in [3.8, 4) is 11.5 Å². The van der Waals surface area contributed by atoms with Gasteiger partial charge in [-0.15, -0.1) is 0 Å². The number of amides is 2. The Balaban J connectivity index is 1.29. The van der Waals surface area contributed by atoms with E-state index < -0.39 is 23.8 Å². The molecule has 2 unspecified atom stereocenters. The number of nitrogens with one attached hydrogen (secondary N) is 3. The summed E-state index contributed by atoms with van der Waals surface area (Å²) in [6, 6.07) is 11.0. The average molecular weight is 509 g/mol. The molecule has 10 nitrogen and oxygen atoms in total. The molecule has 10 heteroatoms. The molecular formula is C27H32N4O6. The van der Waals surface area contributed by atoms with Gasteiger partial charge >= 0.3 is 5.97 Å². The summed E-state index contributed by atoms with van der Waals surface area (Å²) in [7, 11) is 0. The molecule has 2 aromatic rings. The molecule has 0 bridgehead atoms. The lowest BCUT2D eigenvalue weighted by Crippen LogP contribution is -2.46. The first kappa shape index (κ1) is 26.0. The minimum Gasteiger partial charge on any atom is -0.480 e. The molecule has 2 heterocycles. The van der Waals surface area contributed by atoms with E-state index in [0.717, 1.165) is 43.8 Å². The normalized spacial score (nSPS) is 17.2. The van der Waals surface area contributed by atoms with E-state index in [9.17, 15) is 19.5 Å². The molecule has 196 valence electrons. The summed E-state index contributed by atoms with van der Waals surface area (Å²) in [4.78, 5) is 41.4. The van der Waals surface area contributed by atoms with Crippen LogP contribution in [0.3, 0.4) is 0 Å². The molecule has 0 aliphatic carbocycles. The van der Waals surface area contributed by atoms with E-state index in [4.69, 9.17) is 9.47 Å². The van der Waals surface area contributed by atoms with Gasteiger partial charge in [-0.05, 0) is 48.7 Å². The van der Waals surface area contributed by atoms with Crippen LogP contribution < -0.4 is 25.4 Å². The van der Waals surface area contributed by atoms with Crippen molar-refractivity contribution in [1.29, 1.82) is 0 Å². The Morgan fingerprint density at radius 3 is 2.73 bits per heavy atom. The number of ether oxygens (including phenoxy) is 2. The van der Waals surface area contributed by atoms with E-state index in [0.29, 0.717) is 29.0 Å². The quantitative estimate of drug-likeness (QED) is 0.408. The summed E-state index contributed by atoms with van der Waals surface area (Å²) in [6.07, 6.45) is 4.55. The minimum absolute atomic E-state index is 0.0556. The fourth-order valence-electron chi connectivity index (χ4n) is 4.17. The zero-order valence-electron chi connectivity index (χ0n) is 20.8. The number of carboxylic acids is 1. The Morgan fingerprint density at radius 2 is 1.92 bits per heavy atom. The summed E-state index contributed by atoms with van der Waals surface area (Å²) >= 11 is 0. The molecule has 4 rings (SSSR count). The topological polar surface area (TPSA) is 138 Å². The SMILES string of the molecule is CCC1Oc2ccc(CC(NC(=O)CNC(=O)c3cccc(NC4=NCCCCC4)c3)C(=O)O)cc2O1. The van der Waals surface area contributed by atoms with Crippen LogP contribution in [-0.2, 0) is 16.0 Å². The Kier molecular flexibility index (Phi) is 8.60. The monoisotopic (exact) mass is 508 g/mol. The van der Waals surface area contributed by atoms with Gasteiger partial charge in [0.15, 0.2) is 11.5 Å². The molecule has 2 amide bonds. The molecule has 2 aliphatic heterocycles. The van der Waals surface area contributed by atoms with E-state index in [-0.39, 0.29) is 19.3 Å². The highest BCUT2D eigenvalue weighted by Crippen LogP contribution is 2.36. The number of amidine groups is 1. The number of carboxylic acid groups (broad SMARTS) is 1. The molecule has 0 aromatic heterocycles. The molecule has 2 aromatic carbocycles. The van der Waals surface area contributed by atoms with Gasteiger partial charge in [-0.2, -0.15) is 0 Å². The Hall–Kier alpha value is -4.08. The van der Waals surface area contributed by atoms with Gasteiger partial charge < -0.3 is 30.5 Å². The number of rotatable bonds is 9. The maximum absolute atomic E-state index is 12.6. The summed E-state index contributed by atoms with van der Waals surface area (Å²) < 4.78 is 11.3. The van der Waals surface area contributed by atoms with Gasteiger partial charge in [0.25, 0.3) is 5.91 Å². The number of carbonyl (C=O) groups excluding carboxylic acids is 2. The second kappa shape index (κ2) is 12.2. The number of anilines is 1. The van der Waals surface area contributed by atoms with Crippen molar-refractivity contribution in [1.82, 2.24) is 10.6 Å². The van der Waals surface area contributed by atoms with Gasteiger partial charge in [0, 0.05) is 37.1 Å². The smallest absolute Gasteiger partial charge is 0.326 e. The largest absolute Gasteiger partial charge is 0.480 e. The van der Waals surface area contributed by atoms with Crippen molar-refractivity contribution >= 4 is 29.3 Å². The maximum Gasteiger partial charge on any atom is 0.326 e. The van der Waals surface area contributed by atoms with E-state index in [1.54, 1.807) is 36.4 Å². The third kappa shape index (κ3) is 7.22. The maximum atomic E-state index is 12.6. The molecule has 0 radical (unpaired) electrons. The van der Waals surface area contributed by atoms with Crippen molar-refractivity contribution in [2.75, 3.05) is 18.4 Å².